The van der Waals surface area contributed by atoms with E-state index in [-0.39, 0.29) is 5.56 Å². The molecular weight excluding hydrogens is 290 g/mol. The summed E-state index contributed by atoms with van der Waals surface area (Å²) in [4.78, 5) is 16.0. The van der Waals surface area contributed by atoms with Gasteiger partial charge in [-0.1, -0.05) is 30.3 Å². The number of H-pyrrole nitrogens is 1. The van der Waals surface area contributed by atoms with Crippen LogP contribution in [0.4, 0.5) is 0 Å². The second-order valence-corrected chi connectivity index (χ2v) is 5.33. The smallest absolute Gasteiger partial charge is 0.278 e. The summed E-state index contributed by atoms with van der Waals surface area (Å²) in [5.41, 5.74) is 8.49. The van der Waals surface area contributed by atoms with Gasteiger partial charge in [0.15, 0.2) is 5.65 Å². The highest BCUT2D eigenvalue weighted by Gasteiger charge is 2.16. The zero-order valence-electron chi connectivity index (χ0n) is 12.6. The highest BCUT2D eigenvalue weighted by Crippen LogP contribution is 2.22. The molecule has 2 aromatic heterocycles. The zero-order chi connectivity index (χ0) is 16.2. The summed E-state index contributed by atoms with van der Waals surface area (Å²) in [5, 5.41) is 13.2. The predicted octanol–water partition coefficient (Wildman–Crippen LogP) is 1.84. The summed E-state index contributed by atoms with van der Waals surface area (Å²) in [6, 6.07) is 11.7. The number of aromatic amines is 1. The van der Waals surface area contributed by atoms with Gasteiger partial charge in [0.05, 0.1) is 11.9 Å². The average molecular weight is 307 g/mol. The molecule has 23 heavy (non-hydrogen) atoms. The molecule has 3 N–H and O–H groups in total. The third-order valence-electron chi connectivity index (χ3n) is 3.83. The Morgan fingerprint density at radius 3 is 2.74 bits per heavy atom. The first kappa shape index (κ1) is 15.0. The quantitative estimate of drug-likeness (QED) is 0.702. The van der Waals surface area contributed by atoms with Crippen LogP contribution in [0, 0.1) is 11.3 Å². The Labute approximate surface area is 133 Å². The van der Waals surface area contributed by atoms with Crippen LogP contribution < -0.4 is 11.3 Å². The molecule has 0 aliphatic heterocycles. The lowest BCUT2D eigenvalue weighted by atomic mass is 10.0. The van der Waals surface area contributed by atoms with Crippen LogP contribution in [0.25, 0.3) is 16.9 Å². The molecule has 0 bridgehead atoms. The average Bonchev–Trinajstić information content (AvgIpc) is 3.01. The summed E-state index contributed by atoms with van der Waals surface area (Å²) >= 11 is 0. The minimum atomic E-state index is -0.184. The molecule has 0 saturated heterocycles. The first-order valence-corrected chi connectivity index (χ1v) is 7.54. The van der Waals surface area contributed by atoms with Crippen LogP contribution in [0.2, 0.25) is 0 Å². The molecule has 3 aromatic rings. The highest BCUT2D eigenvalue weighted by atomic mass is 16.1. The van der Waals surface area contributed by atoms with Crippen LogP contribution in [0.3, 0.4) is 0 Å². The number of unbranched alkanes of at least 4 members (excludes halogenated alkanes) is 1. The molecule has 0 radical (unpaired) electrons. The Morgan fingerprint density at radius 1 is 1.26 bits per heavy atom. The lowest BCUT2D eigenvalue weighted by Crippen LogP contribution is -2.22. The van der Waals surface area contributed by atoms with E-state index in [0.29, 0.717) is 29.7 Å². The van der Waals surface area contributed by atoms with Gasteiger partial charge in [-0.15, -0.1) is 0 Å². The summed E-state index contributed by atoms with van der Waals surface area (Å²) in [6.45, 7) is 0.598. The van der Waals surface area contributed by atoms with Crippen LogP contribution >= 0.6 is 0 Å². The summed E-state index contributed by atoms with van der Waals surface area (Å²) < 4.78 is 1.27. The van der Waals surface area contributed by atoms with Gasteiger partial charge in [-0.25, -0.2) is 0 Å². The van der Waals surface area contributed by atoms with Crippen LogP contribution in [0.5, 0.6) is 0 Å². The molecule has 0 amide bonds. The molecule has 0 saturated carbocycles. The molecule has 0 aliphatic rings. The van der Waals surface area contributed by atoms with Gasteiger partial charge in [0.2, 0.25) is 0 Å². The van der Waals surface area contributed by atoms with Crippen molar-refractivity contribution >= 4 is 5.65 Å². The third-order valence-corrected chi connectivity index (χ3v) is 3.83. The maximum Gasteiger partial charge on any atom is 0.278 e. The molecule has 0 atom stereocenters. The molecule has 116 valence electrons. The van der Waals surface area contributed by atoms with Gasteiger partial charge in [-0.05, 0) is 31.4 Å². The van der Waals surface area contributed by atoms with Gasteiger partial charge < -0.3 is 10.7 Å². The molecule has 6 heteroatoms. The Kier molecular flexibility index (Phi) is 4.22. The number of nitrogens with zero attached hydrogens (tertiary/aromatic N) is 3. The Bertz CT molecular complexity index is 918. The lowest BCUT2D eigenvalue weighted by molar-refractivity contribution is 0.731. The largest absolute Gasteiger partial charge is 0.338 e. The van der Waals surface area contributed by atoms with Crippen LogP contribution in [0.15, 0.2) is 41.3 Å². The maximum atomic E-state index is 12.8. The molecule has 6 nitrogen and oxygen atoms in total. The van der Waals surface area contributed by atoms with Crippen molar-refractivity contribution in [2.45, 2.75) is 19.3 Å². The van der Waals surface area contributed by atoms with Crippen molar-refractivity contribution in [2.24, 2.45) is 5.73 Å². The predicted molar refractivity (Wildman–Crippen MR) is 88.0 cm³/mol. The van der Waals surface area contributed by atoms with Gasteiger partial charge in [-0.2, -0.15) is 14.9 Å². The monoisotopic (exact) mass is 307 g/mol. The van der Waals surface area contributed by atoms with Crippen molar-refractivity contribution in [3.63, 3.8) is 0 Å². The number of fused-ring (bicyclic) bond motifs is 1. The zero-order valence-corrected chi connectivity index (χ0v) is 12.6. The van der Waals surface area contributed by atoms with Crippen molar-refractivity contribution in [2.75, 3.05) is 6.54 Å². The minimum Gasteiger partial charge on any atom is -0.338 e. The Morgan fingerprint density at radius 2 is 2.04 bits per heavy atom. The Balaban J connectivity index is 2.23. The number of hydrogen-bond acceptors (Lipinski definition) is 4. The second-order valence-electron chi connectivity index (χ2n) is 5.33. The van der Waals surface area contributed by atoms with Crippen molar-refractivity contribution in [3.8, 4) is 17.3 Å². The molecule has 0 spiro atoms. The van der Waals surface area contributed by atoms with E-state index in [0.717, 1.165) is 24.1 Å². The van der Waals surface area contributed by atoms with Crippen LogP contribution in [0.1, 0.15) is 24.0 Å². The minimum absolute atomic E-state index is 0.184. The number of nitrogens with two attached hydrogens (primary N) is 1. The Hall–Kier alpha value is -2.91. The number of hydrogen-bond donors (Lipinski definition) is 2. The van der Waals surface area contributed by atoms with E-state index in [2.05, 4.69) is 16.2 Å². The van der Waals surface area contributed by atoms with E-state index in [4.69, 9.17) is 5.73 Å². The van der Waals surface area contributed by atoms with Gasteiger partial charge in [-0.3, -0.25) is 4.79 Å². The van der Waals surface area contributed by atoms with Crippen molar-refractivity contribution in [1.29, 1.82) is 5.26 Å². The van der Waals surface area contributed by atoms with E-state index in [1.54, 1.807) is 0 Å². The molecule has 0 aliphatic carbocycles. The maximum absolute atomic E-state index is 12.8. The fraction of sp³-hybridized carbons (Fsp3) is 0.235. The fourth-order valence-electron chi connectivity index (χ4n) is 2.66. The number of nitriles is 1. The van der Waals surface area contributed by atoms with E-state index < -0.39 is 0 Å². The van der Waals surface area contributed by atoms with Gasteiger partial charge in [0.1, 0.15) is 11.6 Å². The van der Waals surface area contributed by atoms with E-state index in [9.17, 15) is 10.1 Å². The third kappa shape index (κ3) is 2.74. The van der Waals surface area contributed by atoms with Gasteiger partial charge >= 0.3 is 0 Å². The van der Waals surface area contributed by atoms with Crippen LogP contribution in [-0.4, -0.2) is 21.1 Å². The molecular formula is C17H17N5O. The summed E-state index contributed by atoms with van der Waals surface area (Å²) in [5.74, 6) is 0. The van der Waals surface area contributed by atoms with Gasteiger partial charge in [0.25, 0.3) is 5.56 Å². The van der Waals surface area contributed by atoms with E-state index in [1.165, 1.54) is 10.7 Å². The molecule has 0 fully saturated rings. The number of aromatic nitrogens is 3. The van der Waals surface area contributed by atoms with Crippen molar-refractivity contribution in [3.05, 3.63) is 58.0 Å². The summed E-state index contributed by atoms with van der Waals surface area (Å²) in [7, 11) is 0. The lowest BCUT2D eigenvalue weighted by Gasteiger charge is -2.10. The first-order valence-electron chi connectivity index (χ1n) is 7.54. The summed E-state index contributed by atoms with van der Waals surface area (Å²) in [6.07, 6.45) is 3.71. The topological polar surface area (TPSA) is 100.0 Å². The first-order chi connectivity index (χ1) is 11.3. The van der Waals surface area contributed by atoms with Crippen LogP contribution in [-0.2, 0) is 6.42 Å². The molecule has 1 aromatic carbocycles. The van der Waals surface area contributed by atoms with E-state index >= 15 is 0 Å². The van der Waals surface area contributed by atoms with Crippen molar-refractivity contribution in [1.82, 2.24) is 14.6 Å². The fourth-order valence-corrected chi connectivity index (χ4v) is 2.66. The van der Waals surface area contributed by atoms with Crippen molar-refractivity contribution < 1.29 is 0 Å². The van der Waals surface area contributed by atoms with E-state index in [1.807, 2.05) is 30.3 Å². The highest BCUT2D eigenvalue weighted by molar-refractivity contribution is 5.67. The molecule has 2 heterocycles. The number of rotatable bonds is 5. The standard InChI is InChI=1S/C17H17N5O/c18-9-5-4-8-14-15(12-6-2-1-3-7-12)21-16-13(10-19)11-20-22(16)17(14)23/h1-3,6-7,11,21H,4-5,8-9,18H2. The second kappa shape index (κ2) is 6.46. The number of nitrogens with one attached hydrogen (secondary N) is 1. The van der Waals surface area contributed by atoms with Gasteiger partial charge in [0, 0.05) is 5.56 Å². The molecule has 3 rings (SSSR count). The SMILES string of the molecule is N#Cc1cnn2c(=O)c(CCCCN)c(-c3ccccc3)[nH]c12. The number of benzene rings is 1. The normalized spacial score (nSPS) is 10.8. The molecule has 0 unspecified atom stereocenters.